The minimum Gasteiger partial charge on any atom is -0.340 e. The van der Waals surface area contributed by atoms with E-state index in [1.54, 1.807) is 0 Å². The maximum Gasteiger partial charge on any atom is 0.325 e. The maximum absolute atomic E-state index is 12.8. The summed E-state index contributed by atoms with van der Waals surface area (Å²) in [7, 11) is -1.57. The molecule has 1 saturated carbocycles. The monoisotopic (exact) mass is 371 g/mol. The first kappa shape index (κ1) is 18.2. The van der Waals surface area contributed by atoms with Gasteiger partial charge in [-0.2, -0.15) is 0 Å². The lowest BCUT2D eigenvalue weighted by Gasteiger charge is -2.33. The largest absolute Gasteiger partial charge is 0.340 e. The number of urea groups is 1. The predicted molar refractivity (Wildman–Crippen MR) is 90.4 cm³/mol. The molecule has 0 radical (unpaired) electrons. The number of carbonyl (C=O) groups is 3. The van der Waals surface area contributed by atoms with Crippen molar-refractivity contribution < 1.29 is 22.8 Å². The Morgan fingerprint density at radius 2 is 1.92 bits per heavy atom. The van der Waals surface area contributed by atoms with E-state index >= 15 is 0 Å². The number of likely N-dealkylation sites (N-methyl/N-ethyl adjacent to an activating group) is 1. The van der Waals surface area contributed by atoms with Gasteiger partial charge in [0.2, 0.25) is 5.91 Å². The molecule has 8 nitrogen and oxygen atoms in total. The second kappa shape index (κ2) is 6.26. The van der Waals surface area contributed by atoms with E-state index in [-0.39, 0.29) is 30.0 Å². The lowest BCUT2D eigenvalue weighted by Crippen LogP contribution is -2.50. The summed E-state index contributed by atoms with van der Waals surface area (Å²) in [4.78, 5) is 39.8. The fourth-order valence-corrected chi connectivity index (χ4v) is 5.72. The number of imide groups is 1. The third-order valence-electron chi connectivity index (χ3n) is 5.82. The molecule has 1 atom stereocenters. The van der Waals surface area contributed by atoms with Crippen molar-refractivity contribution in [1.29, 1.82) is 0 Å². The van der Waals surface area contributed by atoms with Gasteiger partial charge >= 0.3 is 6.03 Å². The summed E-state index contributed by atoms with van der Waals surface area (Å²) in [6.45, 7) is 1.79. The van der Waals surface area contributed by atoms with Crippen LogP contribution >= 0.6 is 0 Å². The second-order valence-electron chi connectivity index (χ2n) is 7.65. The van der Waals surface area contributed by atoms with Gasteiger partial charge in [0.05, 0.1) is 11.5 Å². The fourth-order valence-electron chi connectivity index (χ4n) is 3.94. The van der Waals surface area contributed by atoms with Crippen LogP contribution in [0.2, 0.25) is 0 Å². The molecule has 1 aliphatic carbocycles. The van der Waals surface area contributed by atoms with Gasteiger partial charge in [-0.25, -0.2) is 13.2 Å². The first-order valence-electron chi connectivity index (χ1n) is 8.74. The van der Waals surface area contributed by atoms with Crippen LogP contribution < -0.4 is 5.32 Å². The minimum atomic E-state index is -3.10. The summed E-state index contributed by atoms with van der Waals surface area (Å²) in [5, 5.41) is 2.79. The Bertz CT molecular complexity index is 697. The van der Waals surface area contributed by atoms with Crippen LogP contribution in [0, 0.1) is 5.92 Å². The Labute approximate surface area is 147 Å². The molecule has 2 heterocycles. The summed E-state index contributed by atoms with van der Waals surface area (Å²) in [6.07, 6.45) is 3.33. The third-order valence-corrected chi connectivity index (χ3v) is 7.57. The fraction of sp³-hybridized carbons (Fsp3) is 0.812. The first-order valence-corrected chi connectivity index (χ1v) is 10.6. The summed E-state index contributed by atoms with van der Waals surface area (Å²) in [6, 6.07) is -0.914. The summed E-state index contributed by atoms with van der Waals surface area (Å²) < 4.78 is 23.2. The zero-order chi connectivity index (χ0) is 18.4. The number of nitrogens with zero attached hydrogens (tertiary/aromatic N) is 2. The normalized spacial score (nSPS) is 34.4. The number of hydrogen-bond acceptors (Lipinski definition) is 5. The van der Waals surface area contributed by atoms with Crippen LogP contribution in [0.1, 0.15) is 39.0 Å². The molecule has 3 aliphatic rings. The standard InChI is InChI=1S/C16H25N3O5S/c1-11-3-6-16(7-4-11)14(21)19(15(22)17-16)9-13(20)18(2)12-5-8-25(23,24)10-12/h11-12H,3-10H2,1-2H3,(H,17,22)/t11?,12-,16?/m1/s1. The van der Waals surface area contributed by atoms with Crippen LogP contribution in [0.5, 0.6) is 0 Å². The summed E-state index contributed by atoms with van der Waals surface area (Å²) in [5.41, 5.74) is -0.862. The van der Waals surface area contributed by atoms with Gasteiger partial charge in [0.15, 0.2) is 9.84 Å². The van der Waals surface area contributed by atoms with Crippen molar-refractivity contribution >= 4 is 27.7 Å². The highest BCUT2D eigenvalue weighted by Crippen LogP contribution is 2.36. The zero-order valence-corrected chi connectivity index (χ0v) is 15.5. The SMILES string of the molecule is CC1CCC2(CC1)NC(=O)N(CC(=O)N(C)[C@@H]1CCS(=O)(=O)C1)C2=O. The van der Waals surface area contributed by atoms with Crippen LogP contribution in [-0.2, 0) is 19.4 Å². The van der Waals surface area contributed by atoms with Gasteiger partial charge in [-0.05, 0) is 38.0 Å². The maximum atomic E-state index is 12.8. The lowest BCUT2D eigenvalue weighted by molar-refractivity contribution is -0.139. The van der Waals surface area contributed by atoms with Crippen LogP contribution in [0.25, 0.3) is 0 Å². The van der Waals surface area contributed by atoms with Crippen molar-refractivity contribution in [2.24, 2.45) is 5.92 Å². The van der Waals surface area contributed by atoms with E-state index in [1.165, 1.54) is 11.9 Å². The van der Waals surface area contributed by atoms with Crippen LogP contribution in [0.4, 0.5) is 4.79 Å². The number of amides is 4. The molecule has 0 bridgehead atoms. The summed E-state index contributed by atoms with van der Waals surface area (Å²) in [5.74, 6) is -0.199. The molecule has 9 heteroatoms. The van der Waals surface area contributed by atoms with Gasteiger partial charge in [-0.1, -0.05) is 6.92 Å². The first-order chi connectivity index (χ1) is 11.6. The lowest BCUT2D eigenvalue weighted by atomic mass is 9.77. The van der Waals surface area contributed by atoms with Crippen molar-refractivity contribution in [2.75, 3.05) is 25.1 Å². The summed E-state index contributed by atoms with van der Waals surface area (Å²) >= 11 is 0. The van der Waals surface area contributed by atoms with E-state index in [2.05, 4.69) is 12.2 Å². The van der Waals surface area contributed by atoms with Crippen molar-refractivity contribution in [3.63, 3.8) is 0 Å². The molecule has 2 saturated heterocycles. The number of carbonyl (C=O) groups excluding carboxylic acids is 3. The van der Waals surface area contributed by atoms with Crippen LogP contribution in [0.3, 0.4) is 0 Å². The zero-order valence-electron chi connectivity index (χ0n) is 14.7. The van der Waals surface area contributed by atoms with Gasteiger partial charge in [0.1, 0.15) is 12.1 Å². The Kier molecular flexibility index (Phi) is 4.55. The van der Waals surface area contributed by atoms with Crippen molar-refractivity contribution in [2.45, 2.75) is 50.6 Å². The van der Waals surface area contributed by atoms with Crippen LogP contribution in [0.15, 0.2) is 0 Å². The van der Waals surface area contributed by atoms with E-state index in [1.807, 2.05) is 0 Å². The molecule has 0 aromatic rings. The molecule has 1 spiro atoms. The van der Waals surface area contributed by atoms with Crippen LogP contribution in [-0.4, -0.2) is 72.7 Å². The van der Waals surface area contributed by atoms with Crippen molar-refractivity contribution in [3.8, 4) is 0 Å². The van der Waals surface area contributed by atoms with Crippen molar-refractivity contribution in [3.05, 3.63) is 0 Å². The Balaban J connectivity index is 1.65. The van der Waals surface area contributed by atoms with E-state index in [0.29, 0.717) is 25.2 Å². The average molecular weight is 371 g/mol. The molecule has 0 aromatic heterocycles. The molecule has 3 rings (SSSR count). The number of hydrogen-bond donors (Lipinski definition) is 1. The quantitative estimate of drug-likeness (QED) is 0.711. The van der Waals surface area contributed by atoms with Gasteiger partial charge in [0, 0.05) is 13.1 Å². The van der Waals surface area contributed by atoms with E-state index < -0.39 is 27.3 Å². The highest BCUT2D eigenvalue weighted by atomic mass is 32.2. The number of rotatable bonds is 3. The molecular weight excluding hydrogens is 346 g/mol. The average Bonchev–Trinajstić information content (AvgIpc) is 3.02. The number of nitrogens with one attached hydrogen (secondary N) is 1. The van der Waals surface area contributed by atoms with Crippen molar-refractivity contribution in [1.82, 2.24) is 15.1 Å². The van der Waals surface area contributed by atoms with Gasteiger partial charge < -0.3 is 10.2 Å². The molecule has 25 heavy (non-hydrogen) atoms. The molecule has 4 amide bonds. The van der Waals surface area contributed by atoms with Gasteiger partial charge in [-0.3, -0.25) is 14.5 Å². The number of sulfone groups is 1. The molecular formula is C16H25N3O5S. The molecule has 140 valence electrons. The Hall–Kier alpha value is -1.64. The van der Waals surface area contributed by atoms with Gasteiger partial charge in [0.25, 0.3) is 5.91 Å². The Morgan fingerprint density at radius 1 is 1.28 bits per heavy atom. The third kappa shape index (κ3) is 3.38. The highest BCUT2D eigenvalue weighted by Gasteiger charge is 2.52. The topological polar surface area (TPSA) is 104 Å². The van der Waals surface area contributed by atoms with E-state index in [9.17, 15) is 22.8 Å². The molecule has 2 aliphatic heterocycles. The minimum absolute atomic E-state index is 0.0583. The Morgan fingerprint density at radius 3 is 2.48 bits per heavy atom. The molecule has 1 N–H and O–H groups in total. The second-order valence-corrected chi connectivity index (χ2v) is 9.88. The predicted octanol–water partition coefficient (Wildman–Crippen LogP) is 0.133. The van der Waals surface area contributed by atoms with E-state index in [4.69, 9.17) is 0 Å². The van der Waals surface area contributed by atoms with Gasteiger partial charge in [-0.15, -0.1) is 0 Å². The molecule has 0 aromatic carbocycles. The molecule has 3 fully saturated rings. The molecule has 0 unspecified atom stereocenters. The highest BCUT2D eigenvalue weighted by molar-refractivity contribution is 7.91. The van der Waals surface area contributed by atoms with E-state index in [0.717, 1.165) is 17.7 Å². The smallest absolute Gasteiger partial charge is 0.325 e.